The second-order valence-corrected chi connectivity index (χ2v) is 6.71. The Morgan fingerprint density at radius 3 is 2.48 bits per heavy atom. The maximum absolute atomic E-state index is 12.2. The highest BCUT2D eigenvalue weighted by molar-refractivity contribution is 7.91. The Morgan fingerprint density at radius 1 is 1.19 bits per heavy atom. The second-order valence-electron chi connectivity index (χ2n) is 4.58. The van der Waals surface area contributed by atoms with Crippen molar-refractivity contribution in [3.8, 4) is 6.07 Å². The molecule has 0 aromatic heterocycles. The number of halogens is 1. The van der Waals surface area contributed by atoms with Gasteiger partial charge in [0.15, 0.2) is 0 Å². The van der Waals surface area contributed by atoms with Gasteiger partial charge in [-0.25, -0.2) is 8.42 Å². The number of hydrogen-bond donors (Lipinski definition) is 1. The smallest absolute Gasteiger partial charge is 0.236 e. The van der Waals surface area contributed by atoms with E-state index < -0.39 is 10.0 Å². The van der Waals surface area contributed by atoms with E-state index in [2.05, 4.69) is 4.72 Å². The molecule has 0 aliphatic carbocycles. The minimum Gasteiger partial charge on any atom is -0.283 e. The molecule has 108 valence electrons. The first-order valence-corrected chi connectivity index (χ1v) is 8.19. The standard InChI is InChI=1S/C15H13ClN2O2S/c1-11-14(16)3-2-4-15(11)18-21(19,20)10-13-7-5-12(9-17)6-8-13/h2-8,18H,10H2,1H3. The van der Waals surface area contributed by atoms with Gasteiger partial charge in [0.1, 0.15) is 0 Å². The Balaban J connectivity index is 2.18. The lowest BCUT2D eigenvalue weighted by molar-refractivity contribution is 0.600. The molecule has 0 aliphatic heterocycles. The first-order valence-electron chi connectivity index (χ1n) is 6.16. The molecule has 2 rings (SSSR count). The van der Waals surface area contributed by atoms with Gasteiger partial charge in [-0.15, -0.1) is 0 Å². The zero-order chi connectivity index (χ0) is 15.5. The monoisotopic (exact) mass is 320 g/mol. The summed E-state index contributed by atoms with van der Waals surface area (Å²) in [5.41, 5.74) is 2.26. The van der Waals surface area contributed by atoms with E-state index in [1.165, 1.54) is 0 Å². The van der Waals surface area contributed by atoms with Crippen LogP contribution >= 0.6 is 11.6 Å². The van der Waals surface area contributed by atoms with Crippen LogP contribution in [0.5, 0.6) is 0 Å². The Kier molecular flexibility index (Phi) is 4.51. The molecular weight excluding hydrogens is 308 g/mol. The highest BCUT2D eigenvalue weighted by Crippen LogP contribution is 2.24. The summed E-state index contributed by atoms with van der Waals surface area (Å²) in [5, 5.41) is 9.23. The van der Waals surface area contributed by atoms with E-state index >= 15 is 0 Å². The van der Waals surface area contributed by atoms with Crippen molar-refractivity contribution in [2.24, 2.45) is 0 Å². The lowest BCUT2D eigenvalue weighted by atomic mass is 10.2. The first kappa shape index (κ1) is 15.4. The highest BCUT2D eigenvalue weighted by atomic mass is 35.5. The van der Waals surface area contributed by atoms with Crippen LogP contribution in [-0.4, -0.2) is 8.42 Å². The molecule has 0 unspecified atom stereocenters. The molecule has 2 aromatic carbocycles. The molecule has 0 amide bonds. The maximum Gasteiger partial charge on any atom is 0.236 e. The van der Waals surface area contributed by atoms with Crippen molar-refractivity contribution >= 4 is 27.3 Å². The van der Waals surface area contributed by atoms with Gasteiger partial charge in [0.25, 0.3) is 0 Å². The SMILES string of the molecule is Cc1c(Cl)cccc1NS(=O)(=O)Cc1ccc(C#N)cc1. The lowest BCUT2D eigenvalue weighted by Gasteiger charge is -2.11. The van der Waals surface area contributed by atoms with E-state index in [4.69, 9.17) is 16.9 Å². The fourth-order valence-corrected chi connectivity index (χ4v) is 3.25. The fourth-order valence-electron chi connectivity index (χ4n) is 1.82. The van der Waals surface area contributed by atoms with Gasteiger partial charge in [-0.3, -0.25) is 4.72 Å². The van der Waals surface area contributed by atoms with Crippen molar-refractivity contribution in [2.45, 2.75) is 12.7 Å². The summed E-state index contributed by atoms with van der Waals surface area (Å²) in [7, 11) is -3.54. The van der Waals surface area contributed by atoms with Crippen LogP contribution < -0.4 is 4.72 Å². The van der Waals surface area contributed by atoms with Crippen LogP contribution in [0.1, 0.15) is 16.7 Å². The van der Waals surface area contributed by atoms with Crippen molar-refractivity contribution in [3.63, 3.8) is 0 Å². The molecule has 0 atom stereocenters. The third kappa shape index (κ3) is 3.97. The van der Waals surface area contributed by atoms with Crippen LogP contribution in [0.4, 0.5) is 5.69 Å². The van der Waals surface area contributed by atoms with E-state index in [-0.39, 0.29) is 5.75 Å². The molecule has 4 nitrogen and oxygen atoms in total. The number of benzene rings is 2. The van der Waals surface area contributed by atoms with Gasteiger partial charge in [-0.05, 0) is 42.3 Å². The summed E-state index contributed by atoms with van der Waals surface area (Å²) >= 11 is 5.97. The van der Waals surface area contributed by atoms with Crippen LogP contribution in [-0.2, 0) is 15.8 Å². The van der Waals surface area contributed by atoms with Gasteiger partial charge in [0.05, 0.1) is 23.1 Å². The van der Waals surface area contributed by atoms with Crippen molar-refractivity contribution in [1.82, 2.24) is 0 Å². The molecule has 0 aliphatic rings. The zero-order valence-corrected chi connectivity index (χ0v) is 12.9. The lowest BCUT2D eigenvalue weighted by Crippen LogP contribution is -2.15. The molecule has 0 spiro atoms. The predicted molar refractivity (Wildman–Crippen MR) is 83.6 cm³/mol. The average Bonchev–Trinajstić information content (AvgIpc) is 2.44. The second kappa shape index (κ2) is 6.17. The van der Waals surface area contributed by atoms with Gasteiger partial charge in [0.2, 0.25) is 10.0 Å². The summed E-state index contributed by atoms with van der Waals surface area (Å²) in [6.07, 6.45) is 0. The van der Waals surface area contributed by atoms with Crippen molar-refractivity contribution in [2.75, 3.05) is 4.72 Å². The van der Waals surface area contributed by atoms with Crippen LogP contribution in [0.25, 0.3) is 0 Å². The number of nitrogens with one attached hydrogen (secondary N) is 1. The Hall–Kier alpha value is -2.03. The van der Waals surface area contributed by atoms with E-state index in [9.17, 15) is 8.42 Å². The summed E-state index contributed by atoms with van der Waals surface area (Å²) < 4.78 is 26.9. The maximum atomic E-state index is 12.2. The largest absolute Gasteiger partial charge is 0.283 e. The van der Waals surface area contributed by atoms with E-state index in [0.29, 0.717) is 27.4 Å². The van der Waals surface area contributed by atoms with Gasteiger partial charge in [0, 0.05) is 5.02 Å². The van der Waals surface area contributed by atoms with E-state index in [0.717, 1.165) is 0 Å². The highest BCUT2D eigenvalue weighted by Gasteiger charge is 2.14. The van der Waals surface area contributed by atoms with Crippen LogP contribution in [0, 0.1) is 18.3 Å². The summed E-state index contributed by atoms with van der Waals surface area (Å²) in [5.74, 6) is -0.162. The van der Waals surface area contributed by atoms with Gasteiger partial charge < -0.3 is 0 Å². The average molecular weight is 321 g/mol. The molecule has 0 radical (unpaired) electrons. The predicted octanol–water partition coefficient (Wildman–Crippen LogP) is 3.46. The number of anilines is 1. The third-order valence-electron chi connectivity index (χ3n) is 2.97. The molecule has 6 heteroatoms. The number of hydrogen-bond acceptors (Lipinski definition) is 3. The van der Waals surface area contributed by atoms with E-state index in [1.54, 1.807) is 49.4 Å². The summed E-state index contributed by atoms with van der Waals surface area (Å²) in [6, 6.07) is 13.5. The van der Waals surface area contributed by atoms with Crippen molar-refractivity contribution in [3.05, 3.63) is 64.2 Å². The molecular formula is C15H13ClN2O2S. The van der Waals surface area contributed by atoms with Crippen LogP contribution in [0.3, 0.4) is 0 Å². The van der Waals surface area contributed by atoms with Gasteiger partial charge in [-0.1, -0.05) is 29.8 Å². The normalized spacial score (nSPS) is 10.9. The third-order valence-corrected chi connectivity index (χ3v) is 4.63. The van der Waals surface area contributed by atoms with Gasteiger partial charge in [-0.2, -0.15) is 5.26 Å². The fraction of sp³-hybridized carbons (Fsp3) is 0.133. The molecule has 2 aromatic rings. The Labute approximate surface area is 129 Å². The minimum absolute atomic E-state index is 0.162. The molecule has 0 saturated heterocycles. The van der Waals surface area contributed by atoms with Crippen molar-refractivity contribution < 1.29 is 8.42 Å². The number of sulfonamides is 1. The number of nitriles is 1. The Bertz CT molecular complexity index is 793. The van der Waals surface area contributed by atoms with Gasteiger partial charge >= 0.3 is 0 Å². The number of nitrogens with zero attached hydrogens (tertiary/aromatic N) is 1. The molecule has 0 bridgehead atoms. The number of rotatable bonds is 4. The van der Waals surface area contributed by atoms with E-state index in [1.807, 2.05) is 6.07 Å². The van der Waals surface area contributed by atoms with Crippen LogP contribution in [0.15, 0.2) is 42.5 Å². The Morgan fingerprint density at radius 2 is 1.86 bits per heavy atom. The zero-order valence-electron chi connectivity index (χ0n) is 11.3. The van der Waals surface area contributed by atoms with Crippen LogP contribution in [0.2, 0.25) is 5.02 Å². The topological polar surface area (TPSA) is 70.0 Å². The summed E-state index contributed by atoms with van der Waals surface area (Å²) in [6.45, 7) is 1.75. The quantitative estimate of drug-likeness (QED) is 0.937. The minimum atomic E-state index is -3.54. The molecule has 0 saturated carbocycles. The first-order chi connectivity index (χ1) is 9.91. The molecule has 0 heterocycles. The molecule has 21 heavy (non-hydrogen) atoms. The summed E-state index contributed by atoms with van der Waals surface area (Å²) in [4.78, 5) is 0. The van der Waals surface area contributed by atoms with Crippen molar-refractivity contribution in [1.29, 1.82) is 5.26 Å². The molecule has 0 fully saturated rings. The molecule has 1 N–H and O–H groups in total.